The van der Waals surface area contributed by atoms with Crippen LogP contribution in [0.2, 0.25) is 5.02 Å². The molecule has 0 aliphatic heterocycles. The number of hydrogen-bond donors (Lipinski definition) is 1. The van der Waals surface area contributed by atoms with Crippen LogP contribution in [-0.4, -0.2) is 0 Å². The third kappa shape index (κ3) is 3.22. The first-order valence-electron chi connectivity index (χ1n) is 5.95. The van der Waals surface area contributed by atoms with Gasteiger partial charge in [-0.15, -0.1) is 0 Å². The van der Waals surface area contributed by atoms with Crippen molar-refractivity contribution in [3.63, 3.8) is 0 Å². The van der Waals surface area contributed by atoms with Crippen LogP contribution in [0.1, 0.15) is 29.7 Å². The van der Waals surface area contributed by atoms with Gasteiger partial charge in [0.2, 0.25) is 0 Å². The van der Waals surface area contributed by atoms with Crippen molar-refractivity contribution in [2.75, 3.05) is 0 Å². The molecule has 0 aliphatic rings. The summed E-state index contributed by atoms with van der Waals surface area (Å²) in [6.45, 7) is 2.00. The van der Waals surface area contributed by atoms with E-state index in [4.69, 9.17) is 17.3 Å². The Hall–Kier alpha value is -1.57. The average Bonchev–Trinajstić information content (AvgIpc) is 2.38. The lowest BCUT2D eigenvalue weighted by Gasteiger charge is -2.09. The zero-order valence-electron chi connectivity index (χ0n) is 10.3. The molecule has 0 aliphatic carbocycles. The van der Waals surface area contributed by atoms with Crippen LogP contribution < -0.4 is 5.73 Å². The van der Waals surface area contributed by atoms with Gasteiger partial charge in [0.05, 0.1) is 0 Å². The zero-order valence-corrected chi connectivity index (χ0v) is 11.1. The fourth-order valence-corrected chi connectivity index (χ4v) is 1.96. The van der Waals surface area contributed by atoms with Crippen LogP contribution in [-0.2, 0) is 0 Å². The lowest BCUT2D eigenvalue weighted by atomic mass is 10.0. The van der Waals surface area contributed by atoms with E-state index in [1.165, 1.54) is 0 Å². The number of benzene rings is 2. The second-order valence-corrected chi connectivity index (χ2v) is 4.74. The largest absolute Gasteiger partial charge is 0.324 e. The average molecular weight is 258 g/mol. The van der Waals surface area contributed by atoms with Gasteiger partial charge in [0, 0.05) is 11.1 Å². The first kappa shape index (κ1) is 12.9. The van der Waals surface area contributed by atoms with E-state index in [1.807, 2.05) is 43.3 Å². The van der Waals surface area contributed by atoms with Gasteiger partial charge in [-0.25, -0.2) is 0 Å². The molecule has 0 saturated carbocycles. The van der Waals surface area contributed by atoms with Crippen molar-refractivity contribution in [2.24, 2.45) is 5.73 Å². The van der Waals surface area contributed by atoms with E-state index in [9.17, 15) is 0 Å². The highest BCUT2D eigenvalue weighted by Crippen LogP contribution is 2.19. The highest BCUT2D eigenvalue weighted by molar-refractivity contribution is 6.30. The molecule has 2 aromatic carbocycles. The fraction of sp³-hybridized carbons (Fsp3) is 0.125. The predicted octanol–water partition coefficient (Wildman–Crippen LogP) is 4.53. The molecule has 18 heavy (non-hydrogen) atoms. The number of hydrogen-bond acceptors (Lipinski definition) is 1. The van der Waals surface area contributed by atoms with E-state index < -0.39 is 0 Å². The Balaban J connectivity index is 2.26. The van der Waals surface area contributed by atoms with E-state index in [1.54, 1.807) is 0 Å². The molecule has 0 fully saturated rings. The Labute approximate surface area is 113 Å². The molecule has 1 atom stereocenters. The van der Waals surface area contributed by atoms with E-state index in [2.05, 4.69) is 24.3 Å². The van der Waals surface area contributed by atoms with Gasteiger partial charge in [-0.05, 0) is 35.7 Å². The third-order valence-corrected chi connectivity index (χ3v) is 3.06. The first-order valence-corrected chi connectivity index (χ1v) is 6.33. The monoisotopic (exact) mass is 257 g/mol. The van der Waals surface area contributed by atoms with Crippen LogP contribution in [0.5, 0.6) is 0 Å². The van der Waals surface area contributed by atoms with Gasteiger partial charge in [0.1, 0.15) is 0 Å². The number of halogens is 1. The van der Waals surface area contributed by atoms with Crippen molar-refractivity contribution in [1.82, 2.24) is 0 Å². The minimum absolute atomic E-state index is 0.0380. The summed E-state index contributed by atoms with van der Waals surface area (Å²) in [6, 6.07) is 16.0. The first-order chi connectivity index (χ1) is 8.66. The fourth-order valence-electron chi connectivity index (χ4n) is 1.84. The summed E-state index contributed by atoms with van der Waals surface area (Å²) < 4.78 is 0. The highest BCUT2D eigenvalue weighted by Gasteiger charge is 2.02. The Morgan fingerprint density at radius 2 is 1.67 bits per heavy atom. The molecule has 0 amide bonds. The Kier molecular flexibility index (Phi) is 4.19. The summed E-state index contributed by atoms with van der Waals surface area (Å²) in [5.41, 5.74) is 9.39. The smallest absolute Gasteiger partial charge is 0.0406 e. The maximum Gasteiger partial charge on any atom is 0.0406 e. The van der Waals surface area contributed by atoms with Gasteiger partial charge in [-0.2, -0.15) is 0 Å². The normalized spacial score (nSPS) is 12.8. The summed E-state index contributed by atoms with van der Waals surface area (Å²) in [7, 11) is 0. The Morgan fingerprint density at radius 3 is 2.33 bits per heavy atom. The minimum Gasteiger partial charge on any atom is -0.324 e. The zero-order chi connectivity index (χ0) is 13.0. The van der Waals surface area contributed by atoms with Crippen molar-refractivity contribution in [2.45, 2.75) is 13.0 Å². The summed E-state index contributed by atoms with van der Waals surface area (Å²) in [5, 5.41) is 0.753. The topological polar surface area (TPSA) is 26.0 Å². The van der Waals surface area contributed by atoms with Crippen LogP contribution in [0, 0.1) is 0 Å². The Morgan fingerprint density at radius 1 is 1.00 bits per heavy atom. The molecule has 1 nitrogen and oxygen atoms in total. The number of rotatable bonds is 3. The molecular weight excluding hydrogens is 242 g/mol. The molecule has 0 spiro atoms. The van der Waals surface area contributed by atoms with Crippen LogP contribution in [0.4, 0.5) is 0 Å². The highest BCUT2D eigenvalue weighted by atomic mass is 35.5. The lowest BCUT2D eigenvalue weighted by molar-refractivity contribution is 0.816. The van der Waals surface area contributed by atoms with Gasteiger partial charge in [-0.3, -0.25) is 0 Å². The summed E-state index contributed by atoms with van der Waals surface area (Å²) in [5.74, 6) is 0. The molecule has 2 aromatic rings. The third-order valence-electron chi connectivity index (χ3n) is 2.81. The SMILES string of the molecule is C[C@H](N)c1ccccc1/C=C/c1ccc(Cl)cc1. The molecule has 0 unspecified atom stereocenters. The molecule has 2 rings (SSSR count). The molecule has 92 valence electrons. The molecule has 0 aromatic heterocycles. The maximum atomic E-state index is 5.95. The summed E-state index contributed by atoms with van der Waals surface area (Å²) in [4.78, 5) is 0. The standard InChI is InChI=1S/C16H16ClN/c1-12(18)16-5-3-2-4-14(16)9-6-13-7-10-15(17)11-8-13/h2-12H,18H2,1H3/b9-6+/t12-/m0/s1. The quantitative estimate of drug-likeness (QED) is 0.804. The van der Waals surface area contributed by atoms with Crippen molar-refractivity contribution < 1.29 is 0 Å². The second kappa shape index (κ2) is 5.85. The Bertz CT molecular complexity index is 541. The van der Waals surface area contributed by atoms with E-state index in [0.717, 1.165) is 21.7 Å². The second-order valence-electron chi connectivity index (χ2n) is 4.30. The maximum absolute atomic E-state index is 5.95. The van der Waals surface area contributed by atoms with Gasteiger partial charge in [0.25, 0.3) is 0 Å². The van der Waals surface area contributed by atoms with Crippen molar-refractivity contribution in [3.8, 4) is 0 Å². The van der Waals surface area contributed by atoms with E-state index >= 15 is 0 Å². The van der Waals surface area contributed by atoms with Crippen LogP contribution in [0.25, 0.3) is 12.2 Å². The van der Waals surface area contributed by atoms with Crippen LogP contribution in [0.3, 0.4) is 0 Å². The minimum atomic E-state index is 0.0380. The van der Waals surface area contributed by atoms with E-state index in [0.29, 0.717) is 0 Å². The number of nitrogens with two attached hydrogens (primary N) is 1. The molecule has 0 saturated heterocycles. The van der Waals surface area contributed by atoms with Crippen LogP contribution in [0.15, 0.2) is 48.5 Å². The summed E-state index contributed by atoms with van der Waals surface area (Å²) in [6.07, 6.45) is 4.15. The van der Waals surface area contributed by atoms with Gasteiger partial charge < -0.3 is 5.73 Å². The molecule has 0 radical (unpaired) electrons. The molecular formula is C16H16ClN. The van der Waals surface area contributed by atoms with Crippen molar-refractivity contribution >= 4 is 23.8 Å². The van der Waals surface area contributed by atoms with Gasteiger partial charge in [-0.1, -0.05) is 60.2 Å². The molecule has 0 bridgehead atoms. The van der Waals surface area contributed by atoms with Gasteiger partial charge in [0.15, 0.2) is 0 Å². The van der Waals surface area contributed by atoms with Crippen LogP contribution >= 0.6 is 11.6 Å². The lowest BCUT2D eigenvalue weighted by Crippen LogP contribution is -2.06. The van der Waals surface area contributed by atoms with Crippen molar-refractivity contribution in [1.29, 1.82) is 0 Å². The molecule has 2 N–H and O–H groups in total. The van der Waals surface area contributed by atoms with Gasteiger partial charge >= 0.3 is 0 Å². The van der Waals surface area contributed by atoms with E-state index in [-0.39, 0.29) is 6.04 Å². The molecule has 2 heteroatoms. The van der Waals surface area contributed by atoms with Crippen molar-refractivity contribution in [3.05, 3.63) is 70.2 Å². The molecule has 0 heterocycles. The summed E-state index contributed by atoms with van der Waals surface area (Å²) >= 11 is 5.85. The predicted molar refractivity (Wildman–Crippen MR) is 79.4 cm³/mol.